The maximum absolute atomic E-state index is 11.2. The van der Waals surface area contributed by atoms with E-state index in [1.807, 2.05) is 0 Å². The summed E-state index contributed by atoms with van der Waals surface area (Å²) >= 11 is 0. The molecule has 0 heterocycles. The average molecular weight is 224 g/mol. The molecule has 1 atom stereocenters. The van der Waals surface area contributed by atoms with Gasteiger partial charge in [0.1, 0.15) is 11.3 Å². The molecule has 86 valence electrons. The van der Waals surface area contributed by atoms with Gasteiger partial charge in [0, 0.05) is 5.69 Å². The number of phenols is 1. The molecule has 0 aliphatic rings. The van der Waals surface area contributed by atoms with Crippen molar-refractivity contribution < 1.29 is 19.8 Å². The highest BCUT2D eigenvalue weighted by atomic mass is 16.4. The third-order valence-electron chi connectivity index (χ3n) is 1.91. The van der Waals surface area contributed by atoms with Crippen molar-refractivity contribution in [3.05, 3.63) is 23.8 Å². The summed E-state index contributed by atoms with van der Waals surface area (Å²) in [6.45, 7) is 1.51. The zero-order chi connectivity index (χ0) is 12.3. The van der Waals surface area contributed by atoms with E-state index < -0.39 is 17.9 Å². The summed E-state index contributed by atoms with van der Waals surface area (Å²) in [4.78, 5) is 21.9. The number of amides is 1. The molecule has 0 radical (unpaired) electrons. The zero-order valence-corrected chi connectivity index (χ0v) is 8.60. The molecule has 16 heavy (non-hydrogen) atoms. The van der Waals surface area contributed by atoms with Gasteiger partial charge in [0.15, 0.2) is 0 Å². The molecular formula is C10H12N2O4. The van der Waals surface area contributed by atoms with Gasteiger partial charge in [-0.15, -0.1) is 0 Å². The third-order valence-corrected chi connectivity index (χ3v) is 1.91. The van der Waals surface area contributed by atoms with Gasteiger partial charge in [-0.05, 0) is 25.1 Å². The molecular weight excluding hydrogens is 212 g/mol. The summed E-state index contributed by atoms with van der Waals surface area (Å²) < 4.78 is 0. The minimum atomic E-state index is -1.27. The van der Waals surface area contributed by atoms with Crippen LogP contribution in [0.25, 0.3) is 0 Å². The van der Waals surface area contributed by atoms with Crippen molar-refractivity contribution in [2.75, 3.05) is 5.32 Å². The van der Waals surface area contributed by atoms with E-state index in [0.29, 0.717) is 0 Å². The molecule has 0 aromatic heterocycles. The van der Waals surface area contributed by atoms with Gasteiger partial charge in [-0.2, -0.15) is 0 Å². The lowest BCUT2D eigenvalue weighted by atomic mass is 10.1. The molecule has 0 bridgehead atoms. The van der Waals surface area contributed by atoms with Gasteiger partial charge in [-0.1, -0.05) is 0 Å². The Balaban J connectivity index is 2.95. The van der Waals surface area contributed by atoms with E-state index in [1.54, 1.807) is 0 Å². The van der Waals surface area contributed by atoms with Crippen LogP contribution in [0, 0.1) is 0 Å². The number of carbonyl (C=O) groups excluding carboxylic acids is 1. The summed E-state index contributed by atoms with van der Waals surface area (Å²) in [6.07, 6.45) is 0. The molecule has 1 unspecified atom stereocenters. The van der Waals surface area contributed by atoms with Crippen LogP contribution in [-0.4, -0.2) is 28.1 Å². The van der Waals surface area contributed by atoms with Crippen molar-refractivity contribution in [3.63, 3.8) is 0 Å². The van der Waals surface area contributed by atoms with Gasteiger partial charge >= 0.3 is 5.97 Å². The SMILES string of the molecule is CC(N)C(=O)Nc1ccc(O)c(C(=O)O)c1. The topological polar surface area (TPSA) is 113 Å². The number of hydrogen-bond donors (Lipinski definition) is 4. The third kappa shape index (κ3) is 2.71. The molecule has 1 amide bonds. The largest absolute Gasteiger partial charge is 0.507 e. The Morgan fingerprint density at radius 2 is 2.06 bits per heavy atom. The Labute approximate surface area is 91.7 Å². The van der Waals surface area contributed by atoms with Crippen molar-refractivity contribution in [2.24, 2.45) is 5.73 Å². The van der Waals surface area contributed by atoms with Crippen molar-refractivity contribution in [1.29, 1.82) is 0 Å². The quantitative estimate of drug-likeness (QED) is 0.554. The molecule has 6 nitrogen and oxygen atoms in total. The number of aromatic hydroxyl groups is 1. The molecule has 0 aliphatic heterocycles. The molecule has 0 saturated carbocycles. The average Bonchev–Trinajstić information content (AvgIpc) is 2.20. The fourth-order valence-corrected chi connectivity index (χ4v) is 1.04. The Morgan fingerprint density at radius 1 is 1.44 bits per heavy atom. The number of rotatable bonds is 3. The highest BCUT2D eigenvalue weighted by Gasteiger charge is 2.12. The van der Waals surface area contributed by atoms with Crippen LogP contribution < -0.4 is 11.1 Å². The second kappa shape index (κ2) is 4.63. The maximum atomic E-state index is 11.2. The van der Waals surface area contributed by atoms with Crippen LogP contribution in [0.4, 0.5) is 5.69 Å². The lowest BCUT2D eigenvalue weighted by Gasteiger charge is -2.08. The summed E-state index contributed by atoms with van der Waals surface area (Å²) in [6, 6.07) is 3.06. The number of aromatic carboxylic acids is 1. The predicted octanol–water partition coefficient (Wildman–Crippen LogP) is 0.376. The van der Waals surface area contributed by atoms with E-state index in [2.05, 4.69) is 5.32 Å². The van der Waals surface area contributed by atoms with E-state index >= 15 is 0 Å². The summed E-state index contributed by atoms with van der Waals surface area (Å²) in [7, 11) is 0. The van der Waals surface area contributed by atoms with Gasteiger partial charge in [0.2, 0.25) is 5.91 Å². The number of anilines is 1. The Bertz CT molecular complexity index is 429. The van der Waals surface area contributed by atoms with Crippen LogP contribution in [0.2, 0.25) is 0 Å². The molecule has 0 spiro atoms. The van der Waals surface area contributed by atoms with E-state index in [0.717, 1.165) is 6.07 Å². The maximum Gasteiger partial charge on any atom is 0.339 e. The molecule has 6 heteroatoms. The van der Waals surface area contributed by atoms with Gasteiger partial charge in [0.05, 0.1) is 6.04 Å². The Hall–Kier alpha value is -2.08. The second-order valence-electron chi connectivity index (χ2n) is 3.32. The fraction of sp³-hybridized carbons (Fsp3) is 0.200. The van der Waals surface area contributed by atoms with E-state index in [-0.39, 0.29) is 17.0 Å². The number of carbonyl (C=O) groups is 2. The van der Waals surface area contributed by atoms with Crippen LogP contribution in [0.5, 0.6) is 5.75 Å². The molecule has 1 rings (SSSR count). The van der Waals surface area contributed by atoms with Crippen LogP contribution in [0.1, 0.15) is 17.3 Å². The molecule has 0 saturated heterocycles. The van der Waals surface area contributed by atoms with Crippen LogP contribution in [-0.2, 0) is 4.79 Å². The van der Waals surface area contributed by atoms with Gasteiger partial charge in [0.25, 0.3) is 0 Å². The highest BCUT2D eigenvalue weighted by Crippen LogP contribution is 2.21. The van der Waals surface area contributed by atoms with Crippen molar-refractivity contribution in [3.8, 4) is 5.75 Å². The minimum Gasteiger partial charge on any atom is -0.507 e. The summed E-state index contributed by atoms with van der Waals surface area (Å²) in [5.74, 6) is -2.05. The van der Waals surface area contributed by atoms with Gasteiger partial charge in [-0.25, -0.2) is 4.79 Å². The van der Waals surface area contributed by atoms with Gasteiger partial charge in [-0.3, -0.25) is 4.79 Å². The number of nitrogens with two attached hydrogens (primary N) is 1. The van der Waals surface area contributed by atoms with Crippen LogP contribution in [0.3, 0.4) is 0 Å². The zero-order valence-electron chi connectivity index (χ0n) is 8.60. The monoisotopic (exact) mass is 224 g/mol. The van der Waals surface area contributed by atoms with E-state index in [9.17, 15) is 14.7 Å². The fourth-order valence-electron chi connectivity index (χ4n) is 1.04. The lowest BCUT2D eigenvalue weighted by molar-refractivity contribution is -0.117. The first-order chi connectivity index (χ1) is 7.41. The normalized spacial score (nSPS) is 11.9. The number of carboxylic acid groups (broad SMARTS) is 1. The Morgan fingerprint density at radius 3 is 2.56 bits per heavy atom. The lowest BCUT2D eigenvalue weighted by Crippen LogP contribution is -2.32. The minimum absolute atomic E-state index is 0.275. The predicted molar refractivity (Wildman–Crippen MR) is 57.3 cm³/mol. The number of hydrogen-bond acceptors (Lipinski definition) is 4. The molecule has 5 N–H and O–H groups in total. The number of carboxylic acids is 1. The summed E-state index contributed by atoms with van der Waals surface area (Å²) in [5, 5.41) is 20.4. The molecule has 0 aliphatic carbocycles. The number of benzene rings is 1. The van der Waals surface area contributed by atoms with Gasteiger partial charge < -0.3 is 21.3 Å². The van der Waals surface area contributed by atoms with E-state index in [1.165, 1.54) is 19.1 Å². The second-order valence-corrected chi connectivity index (χ2v) is 3.32. The molecule has 1 aromatic rings. The van der Waals surface area contributed by atoms with Crippen molar-refractivity contribution in [2.45, 2.75) is 13.0 Å². The summed E-state index contributed by atoms with van der Waals surface area (Å²) in [5.41, 5.74) is 5.33. The molecule has 1 aromatic carbocycles. The standard InChI is InChI=1S/C10H12N2O4/c1-5(11)9(14)12-6-2-3-8(13)7(4-6)10(15)16/h2-5,13H,11H2,1H3,(H,12,14)(H,15,16). The van der Waals surface area contributed by atoms with E-state index in [4.69, 9.17) is 10.8 Å². The number of nitrogens with one attached hydrogen (secondary N) is 1. The van der Waals surface area contributed by atoms with Crippen molar-refractivity contribution >= 4 is 17.6 Å². The first kappa shape index (κ1) is 12.0. The first-order valence-electron chi connectivity index (χ1n) is 4.54. The molecule has 0 fully saturated rings. The smallest absolute Gasteiger partial charge is 0.339 e. The highest BCUT2D eigenvalue weighted by molar-refractivity contribution is 5.97. The van der Waals surface area contributed by atoms with Crippen LogP contribution >= 0.6 is 0 Å². The van der Waals surface area contributed by atoms with Crippen molar-refractivity contribution in [1.82, 2.24) is 0 Å². The Kier molecular flexibility index (Phi) is 3.47. The van der Waals surface area contributed by atoms with Crippen LogP contribution in [0.15, 0.2) is 18.2 Å². The first-order valence-corrected chi connectivity index (χ1v) is 4.54.